The van der Waals surface area contributed by atoms with E-state index in [-0.39, 0.29) is 17.1 Å². The molecular weight excluding hydrogens is 464 g/mol. The smallest absolute Gasteiger partial charge is 0.338 e. The minimum absolute atomic E-state index is 0.245. The molecule has 1 saturated heterocycles. The summed E-state index contributed by atoms with van der Waals surface area (Å²) in [6.45, 7) is 13.1. The fourth-order valence-corrected chi connectivity index (χ4v) is 9.61. The van der Waals surface area contributed by atoms with Gasteiger partial charge in [-0.2, -0.15) is 0 Å². The van der Waals surface area contributed by atoms with Crippen molar-refractivity contribution in [2.45, 2.75) is 64.1 Å². The summed E-state index contributed by atoms with van der Waals surface area (Å²) < 4.78 is 19.2. The van der Waals surface area contributed by atoms with Crippen molar-refractivity contribution in [1.82, 2.24) is 0 Å². The molecule has 1 aliphatic rings. The lowest BCUT2D eigenvalue weighted by molar-refractivity contribution is -0.214. The van der Waals surface area contributed by atoms with Crippen LogP contribution in [0.5, 0.6) is 0 Å². The number of carbonyl (C=O) groups excluding carboxylic acids is 1. The summed E-state index contributed by atoms with van der Waals surface area (Å²) in [4.78, 5) is 13.0. The van der Waals surface area contributed by atoms with Crippen LogP contribution >= 0.6 is 0 Å². The molecule has 1 fully saturated rings. The Morgan fingerprint density at radius 3 is 1.86 bits per heavy atom. The van der Waals surface area contributed by atoms with Crippen molar-refractivity contribution >= 4 is 24.7 Å². The van der Waals surface area contributed by atoms with Gasteiger partial charge in [-0.15, -0.1) is 6.58 Å². The number of hydrogen-bond acceptors (Lipinski definition) is 4. The molecule has 0 amide bonds. The molecule has 5 heteroatoms. The summed E-state index contributed by atoms with van der Waals surface area (Å²) in [5.41, 5.74) is 2.04. The van der Waals surface area contributed by atoms with Gasteiger partial charge in [0.25, 0.3) is 8.32 Å². The van der Waals surface area contributed by atoms with Gasteiger partial charge in [0.15, 0.2) is 12.2 Å². The summed E-state index contributed by atoms with van der Waals surface area (Å²) in [5, 5.41) is 2.01. The normalized spacial score (nSPS) is 18.7. The van der Waals surface area contributed by atoms with Crippen LogP contribution in [-0.4, -0.2) is 32.6 Å². The zero-order valence-electron chi connectivity index (χ0n) is 21.6. The van der Waals surface area contributed by atoms with Crippen LogP contribution in [0.3, 0.4) is 0 Å². The molecular formula is C31H36O4Si. The van der Waals surface area contributed by atoms with Crippen molar-refractivity contribution in [1.29, 1.82) is 0 Å². The Hall–Kier alpha value is -2.99. The predicted octanol–water partition coefficient (Wildman–Crippen LogP) is 5.41. The average Bonchev–Trinajstić information content (AvgIpc) is 2.86. The average molecular weight is 501 g/mol. The standard InChI is InChI=1S/C31H36O4Si/c1-23(2)21-27(33-22-24-15-9-6-10-16-24)28-29(30(32)34-28)35-36(31(3,4)5,25-17-11-7-12-18-25)26-19-13-8-14-20-26/h6-20,27-29H,1,21-22H2,2-5H3/t27-,28+,29-/m0/s1. The van der Waals surface area contributed by atoms with Crippen LogP contribution in [0, 0.1) is 0 Å². The summed E-state index contributed by atoms with van der Waals surface area (Å²) in [5.74, 6) is -0.331. The van der Waals surface area contributed by atoms with Gasteiger partial charge in [-0.3, -0.25) is 0 Å². The molecule has 0 radical (unpaired) electrons. The zero-order chi connectivity index (χ0) is 25.8. The van der Waals surface area contributed by atoms with Crippen LogP contribution in [0.2, 0.25) is 5.04 Å². The van der Waals surface area contributed by atoms with Gasteiger partial charge in [0.05, 0.1) is 6.61 Å². The Morgan fingerprint density at radius 2 is 1.42 bits per heavy atom. The van der Waals surface area contributed by atoms with Gasteiger partial charge in [-0.1, -0.05) is 117 Å². The molecule has 0 aliphatic carbocycles. The topological polar surface area (TPSA) is 44.8 Å². The Labute approximate surface area is 216 Å². The molecule has 36 heavy (non-hydrogen) atoms. The molecule has 0 spiro atoms. The van der Waals surface area contributed by atoms with E-state index < -0.39 is 20.5 Å². The molecule has 0 unspecified atom stereocenters. The van der Waals surface area contributed by atoms with E-state index in [0.29, 0.717) is 13.0 Å². The minimum Gasteiger partial charge on any atom is -0.454 e. The summed E-state index contributed by atoms with van der Waals surface area (Å²) >= 11 is 0. The number of esters is 1. The summed E-state index contributed by atoms with van der Waals surface area (Å²) in [7, 11) is -2.92. The zero-order valence-corrected chi connectivity index (χ0v) is 22.6. The highest BCUT2D eigenvalue weighted by Crippen LogP contribution is 2.40. The minimum atomic E-state index is -2.92. The van der Waals surface area contributed by atoms with Gasteiger partial charge >= 0.3 is 5.97 Å². The highest BCUT2D eigenvalue weighted by Gasteiger charge is 2.58. The first-order valence-electron chi connectivity index (χ1n) is 12.5. The monoisotopic (exact) mass is 500 g/mol. The Morgan fingerprint density at radius 1 is 0.917 bits per heavy atom. The molecule has 0 N–H and O–H groups in total. The number of cyclic esters (lactones) is 1. The molecule has 188 valence electrons. The lowest BCUT2D eigenvalue weighted by Gasteiger charge is -2.49. The van der Waals surface area contributed by atoms with E-state index in [0.717, 1.165) is 21.5 Å². The lowest BCUT2D eigenvalue weighted by Crippen LogP contribution is -2.72. The summed E-state index contributed by atoms with van der Waals surface area (Å²) in [6.07, 6.45) is -0.967. The third-order valence-corrected chi connectivity index (χ3v) is 11.7. The molecule has 0 bridgehead atoms. The number of rotatable bonds is 10. The fourth-order valence-electron chi connectivity index (χ4n) is 4.98. The molecule has 4 rings (SSSR count). The second kappa shape index (κ2) is 11.0. The maximum Gasteiger partial charge on any atom is 0.338 e. The van der Waals surface area contributed by atoms with Gasteiger partial charge in [-0.05, 0) is 34.3 Å². The highest BCUT2D eigenvalue weighted by atomic mass is 28.4. The van der Waals surface area contributed by atoms with E-state index in [2.05, 4.69) is 51.6 Å². The molecule has 0 aromatic heterocycles. The van der Waals surface area contributed by atoms with Gasteiger partial charge < -0.3 is 13.9 Å². The van der Waals surface area contributed by atoms with Crippen molar-refractivity contribution in [2.24, 2.45) is 0 Å². The maximum absolute atomic E-state index is 13.0. The first-order valence-corrected chi connectivity index (χ1v) is 14.4. The van der Waals surface area contributed by atoms with Crippen molar-refractivity contribution in [2.75, 3.05) is 0 Å². The van der Waals surface area contributed by atoms with Crippen LogP contribution in [-0.2, 0) is 25.3 Å². The predicted molar refractivity (Wildman–Crippen MR) is 147 cm³/mol. The van der Waals surface area contributed by atoms with Crippen molar-refractivity contribution in [3.63, 3.8) is 0 Å². The molecule has 3 aromatic rings. The third kappa shape index (κ3) is 5.38. The van der Waals surface area contributed by atoms with Crippen LogP contribution in [0.25, 0.3) is 0 Å². The molecule has 3 atom stereocenters. The Balaban J connectivity index is 1.70. The number of hydrogen-bond donors (Lipinski definition) is 0. The van der Waals surface area contributed by atoms with Crippen molar-refractivity contribution < 1.29 is 18.7 Å². The van der Waals surface area contributed by atoms with Crippen molar-refractivity contribution in [3.05, 3.63) is 109 Å². The fraction of sp³-hybridized carbons (Fsp3) is 0.323. The number of carbonyl (C=O) groups is 1. The van der Waals surface area contributed by atoms with Crippen LogP contribution in [0.15, 0.2) is 103 Å². The molecule has 0 saturated carbocycles. The molecule has 1 aliphatic heterocycles. The first-order chi connectivity index (χ1) is 17.2. The second-order valence-corrected chi connectivity index (χ2v) is 14.9. The first kappa shape index (κ1) is 26.1. The van der Waals surface area contributed by atoms with E-state index in [9.17, 15) is 4.79 Å². The highest BCUT2D eigenvalue weighted by molar-refractivity contribution is 6.99. The van der Waals surface area contributed by atoms with E-state index in [4.69, 9.17) is 13.9 Å². The molecule has 3 aromatic carbocycles. The van der Waals surface area contributed by atoms with Crippen LogP contribution < -0.4 is 10.4 Å². The number of benzene rings is 3. The van der Waals surface area contributed by atoms with Gasteiger partial charge in [0.1, 0.15) is 6.10 Å². The largest absolute Gasteiger partial charge is 0.454 e. The molecule has 1 heterocycles. The van der Waals surface area contributed by atoms with E-state index in [1.807, 2.05) is 73.7 Å². The van der Waals surface area contributed by atoms with Gasteiger partial charge in [0.2, 0.25) is 0 Å². The SMILES string of the molecule is C=C(C)C[C@H](OCc1ccccc1)[C@H]1OC(=O)[C@H]1O[Si](c1ccccc1)(c1ccccc1)C(C)(C)C. The lowest BCUT2D eigenvalue weighted by atomic mass is 9.97. The Kier molecular flexibility index (Phi) is 7.93. The number of ether oxygens (including phenoxy) is 2. The van der Waals surface area contributed by atoms with Crippen LogP contribution in [0.4, 0.5) is 0 Å². The second-order valence-electron chi connectivity index (χ2n) is 10.6. The maximum atomic E-state index is 13.0. The quantitative estimate of drug-likeness (QED) is 0.212. The van der Waals surface area contributed by atoms with E-state index in [1.165, 1.54) is 0 Å². The van der Waals surface area contributed by atoms with E-state index >= 15 is 0 Å². The van der Waals surface area contributed by atoms with Gasteiger partial charge in [-0.25, -0.2) is 4.79 Å². The van der Waals surface area contributed by atoms with Crippen LogP contribution in [0.1, 0.15) is 39.7 Å². The van der Waals surface area contributed by atoms with Crippen molar-refractivity contribution in [3.8, 4) is 0 Å². The van der Waals surface area contributed by atoms with Gasteiger partial charge in [0, 0.05) is 0 Å². The third-order valence-electron chi connectivity index (χ3n) is 6.73. The summed E-state index contributed by atoms with van der Waals surface area (Å²) in [6, 6.07) is 30.7. The molecule has 4 nitrogen and oxygen atoms in total. The Bertz CT molecular complexity index is 1120. The van der Waals surface area contributed by atoms with E-state index in [1.54, 1.807) is 0 Å².